The van der Waals surface area contributed by atoms with Crippen molar-refractivity contribution in [3.8, 4) is 12.1 Å². The number of hydrogen-bond donors (Lipinski definition) is 2. The molecule has 3 N–H and O–H groups in total. The minimum atomic E-state index is -0.556. The Kier molecular flexibility index (Phi) is 7.79. The fourth-order valence-corrected chi connectivity index (χ4v) is 6.73. The van der Waals surface area contributed by atoms with E-state index in [0.29, 0.717) is 45.6 Å². The number of rotatable bonds is 6. The third kappa shape index (κ3) is 5.45. The molecule has 12 heteroatoms. The zero-order valence-electron chi connectivity index (χ0n) is 20.3. The van der Waals surface area contributed by atoms with Gasteiger partial charge in [0.1, 0.15) is 5.82 Å². The molecule has 1 atom stereocenters. The molecule has 39 heavy (non-hydrogen) atoms. The number of carbonyl (C=O) groups is 2. The number of halogens is 1. The Morgan fingerprint density at radius 2 is 1.97 bits per heavy atom. The fourth-order valence-electron chi connectivity index (χ4n) is 4.63. The minimum absolute atomic E-state index is 0.00920. The summed E-state index contributed by atoms with van der Waals surface area (Å²) in [5, 5.41) is 30.8. The number of hydrogen-bond acceptors (Lipinski definition) is 10. The monoisotopic (exact) mass is 617 g/mol. The van der Waals surface area contributed by atoms with Crippen molar-refractivity contribution >= 4 is 61.5 Å². The molecule has 0 bridgehead atoms. The molecule has 1 aromatic heterocycles. The van der Waals surface area contributed by atoms with Crippen LogP contribution in [0, 0.1) is 22.7 Å². The molecule has 1 amide bonds. The molecule has 0 saturated heterocycles. The van der Waals surface area contributed by atoms with Crippen LogP contribution in [0.5, 0.6) is 0 Å². The van der Waals surface area contributed by atoms with Crippen LogP contribution in [0.4, 0.5) is 10.8 Å². The first kappa shape index (κ1) is 26.6. The van der Waals surface area contributed by atoms with Crippen LogP contribution in [0.25, 0.3) is 0 Å². The van der Waals surface area contributed by atoms with Crippen molar-refractivity contribution in [2.45, 2.75) is 29.5 Å². The van der Waals surface area contributed by atoms with Crippen LogP contribution in [-0.2, 0) is 9.59 Å². The predicted octanol–water partition coefficient (Wildman–Crippen LogP) is 5.21. The number of ketones is 1. The number of carbonyl (C=O) groups excluding carboxylic acids is 2. The van der Waals surface area contributed by atoms with Gasteiger partial charge in [0.05, 0.1) is 34.9 Å². The second-order valence-electron chi connectivity index (χ2n) is 8.75. The highest BCUT2D eigenvalue weighted by Gasteiger charge is 2.41. The van der Waals surface area contributed by atoms with Crippen molar-refractivity contribution in [1.29, 1.82) is 10.5 Å². The molecule has 0 radical (unpaired) electrons. The number of aromatic nitrogens is 2. The van der Waals surface area contributed by atoms with Gasteiger partial charge >= 0.3 is 0 Å². The molecule has 2 heterocycles. The van der Waals surface area contributed by atoms with Gasteiger partial charge in [-0.1, -0.05) is 51.2 Å². The molecule has 1 unspecified atom stereocenters. The lowest BCUT2D eigenvalue weighted by atomic mass is 9.76. The third-order valence-corrected chi connectivity index (χ3v) is 8.84. The predicted molar refractivity (Wildman–Crippen MR) is 152 cm³/mol. The van der Waals surface area contributed by atoms with Gasteiger partial charge in [-0.2, -0.15) is 10.5 Å². The Balaban J connectivity index is 1.40. The van der Waals surface area contributed by atoms with E-state index in [1.807, 2.05) is 30.3 Å². The Hall–Kier alpha value is -3.97. The summed E-state index contributed by atoms with van der Waals surface area (Å²) in [7, 11) is 0. The van der Waals surface area contributed by atoms with Crippen LogP contribution in [0.3, 0.4) is 0 Å². The molecule has 9 nitrogen and oxygen atoms in total. The van der Waals surface area contributed by atoms with Crippen molar-refractivity contribution in [2.75, 3.05) is 16.0 Å². The van der Waals surface area contributed by atoms with E-state index < -0.39 is 5.92 Å². The lowest BCUT2D eigenvalue weighted by Crippen LogP contribution is -2.38. The Morgan fingerprint density at radius 1 is 1.18 bits per heavy atom. The quantitative estimate of drug-likeness (QED) is 0.355. The number of amides is 1. The van der Waals surface area contributed by atoms with E-state index in [1.54, 1.807) is 29.2 Å². The van der Waals surface area contributed by atoms with Crippen LogP contribution in [0.1, 0.15) is 36.3 Å². The summed E-state index contributed by atoms with van der Waals surface area (Å²) in [6, 6.07) is 18.4. The SMILES string of the molecule is N#CC1=C(N)N(c2nnc(SCC(=O)Nc3ccc(C#N)cc3)s2)C2=C(C(=O)CCC2)C1c1cccc(Br)c1. The van der Waals surface area contributed by atoms with Crippen molar-refractivity contribution in [3.63, 3.8) is 0 Å². The average Bonchev–Trinajstić information content (AvgIpc) is 3.40. The van der Waals surface area contributed by atoms with Gasteiger partial charge < -0.3 is 11.1 Å². The maximum atomic E-state index is 13.2. The molecule has 5 rings (SSSR count). The highest BCUT2D eigenvalue weighted by Crippen LogP contribution is 2.47. The standard InChI is InChI=1S/C27H20BrN7O2S2/c28-17-4-1-3-16(11-17)23-19(13-30)25(31)35(20-5-2-6-21(36)24(20)23)26-33-34-27(39-26)38-14-22(37)32-18-9-7-15(12-29)8-10-18/h1,3-4,7-11,23H,2,5-6,14,31H2,(H,32,37). The van der Waals surface area contributed by atoms with Gasteiger partial charge in [0.15, 0.2) is 10.1 Å². The first-order chi connectivity index (χ1) is 18.9. The first-order valence-electron chi connectivity index (χ1n) is 11.9. The Bertz CT molecular complexity index is 1620. The number of nitrogens with two attached hydrogens (primary N) is 1. The van der Waals surface area contributed by atoms with Gasteiger partial charge in [0, 0.05) is 27.9 Å². The van der Waals surface area contributed by atoms with Crippen LogP contribution in [0.2, 0.25) is 0 Å². The maximum absolute atomic E-state index is 13.2. The van der Waals surface area contributed by atoms with Crippen LogP contribution < -0.4 is 16.0 Å². The fraction of sp³-hybridized carbons (Fsp3) is 0.185. The van der Waals surface area contributed by atoms with Gasteiger partial charge in [-0.05, 0) is 54.8 Å². The number of allylic oxidation sites excluding steroid dienone is 3. The van der Waals surface area contributed by atoms with E-state index in [-0.39, 0.29) is 28.8 Å². The lowest BCUT2D eigenvalue weighted by molar-refractivity contribution is -0.116. The number of benzene rings is 2. The number of nitriles is 2. The third-order valence-electron chi connectivity index (χ3n) is 6.31. The molecule has 1 aliphatic carbocycles. The Morgan fingerprint density at radius 3 is 2.69 bits per heavy atom. The van der Waals surface area contributed by atoms with Crippen molar-refractivity contribution < 1.29 is 9.59 Å². The number of nitrogens with zero attached hydrogens (tertiary/aromatic N) is 5. The van der Waals surface area contributed by atoms with E-state index in [1.165, 1.54) is 23.1 Å². The zero-order chi connectivity index (χ0) is 27.5. The van der Waals surface area contributed by atoms with Gasteiger partial charge in [-0.3, -0.25) is 14.5 Å². The van der Waals surface area contributed by atoms with E-state index in [0.717, 1.165) is 15.7 Å². The second-order valence-corrected chi connectivity index (χ2v) is 11.8. The molecule has 0 spiro atoms. The molecule has 194 valence electrons. The normalized spacial score (nSPS) is 16.9. The molecule has 2 aromatic carbocycles. The smallest absolute Gasteiger partial charge is 0.234 e. The summed E-state index contributed by atoms with van der Waals surface area (Å²) in [6.45, 7) is 0. The van der Waals surface area contributed by atoms with Crippen molar-refractivity contribution in [1.82, 2.24) is 10.2 Å². The van der Waals surface area contributed by atoms with Gasteiger partial charge in [-0.15, -0.1) is 10.2 Å². The van der Waals surface area contributed by atoms with Crippen LogP contribution >= 0.6 is 39.0 Å². The number of Topliss-reactive ketones (excluding diaryl/α,β-unsaturated/α-hetero) is 1. The highest BCUT2D eigenvalue weighted by atomic mass is 79.9. The number of anilines is 2. The highest BCUT2D eigenvalue weighted by molar-refractivity contribution is 9.10. The first-order valence-corrected chi connectivity index (χ1v) is 14.5. The van der Waals surface area contributed by atoms with E-state index in [2.05, 4.69) is 37.5 Å². The van der Waals surface area contributed by atoms with E-state index >= 15 is 0 Å². The van der Waals surface area contributed by atoms with Gasteiger partial charge in [-0.25, -0.2) is 0 Å². The average molecular weight is 619 g/mol. The molecular formula is C27H20BrN7O2S2. The lowest BCUT2D eigenvalue weighted by Gasteiger charge is -2.38. The largest absolute Gasteiger partial charge is 0.384 e. The summed E-state index contributed by atoms with van der Waals surface area (Å²) in [6.07, 6.45) is 1.69. The molecule has 2 aliphatic rings. The second kappa shape index (κ2) is 11.4. The van der Waals surface area contributed by atoms with E-state index in [9.17, 15) is 14.9 Å². The topological polar surface area (TPSA) is 149 Å². The summed E-state index contributed by atoms with van der Waals surface area (Å²) in [4.78, 5) is 27.4. The Labute approximate surface area is 241 Å². The summed E-state index contributed by atoms with van der Waals surface area (Å²) >= 11 is 5.95. The van der Waals surface area contributed by atoms with Gasteiger partial charge in [0.2, 0.25) is 11.0 Å². The van der Waals surface area contributed by atoms with Crippen LogP contribution in [-0.4, -0.2) is 27.6 Å². The summed E-state index contributed by atoms with van der Waals surface area (Å²) in [5.74, 6) is -0.474. The summed E-state index contributed by atoms with van der Waals surface area (Å²) < 4.78 is 1.39. The zero-order valence-corrected chi connectivity index (χ0v) is 23.6. The van der Waals surface area contributed by atoms with Gasteiger partial charge in [0.25, 0.3) is 0 Å². The van der Waals surface area contributed by atoms with Crippen molar-refractivity contribution in [2.24, 2.45) is 5.73 Å². The van der Waals surface area contributed by atoms with E-state index in [4.69, 9.17) is 11.0 Å². The minimum Gasteiger partial charge on any atom is -0.384 e. The number of nitrogens with one attached hydrogen (secondary N) is 1. The van der Waals surface area contributed by atoms with Crippen molar-refractivity contribution in [3.05, 3.63) is 86.8 Å². The molecule has 0 saturated carbocycles. The molecule has 1 aliphatic heterocycles. The summed E-state index contributed by atoms with van der Waals surface area (Å²) in [5.41, 5.74) is 10.1. The number of thioether (sulfide) groups is 1. The molecule has 3 aromatic rings. The molecular weight excluding hydrogens is 598 g/mol. The van der Waals surface area contributed by atoms with Crippen LogP contribution in [0.15, 0.2) is 80.0 Å². The molecule has 0 fully saturated rings. The maximum Gasteiger partial charge on any atom is 0.234 e.